The van der Waals surface area contributed by atoms with E-state index in [1.807, 2.05) is 19.9 Å². The molecule has 0 radical (unpaired) electrons. The highest BCUT2D eigenvalue weighted by molar-refractivity contribution is 7.22. The number of aromatic nitrogens is 1. The Morgan fingerprint density at radius 2 is 2.00 bits per heavy atom. The van der Waals surface area contributed by atoms with E-state index in [1.54, 1.807) is 7.11 Å². The average Bonchev–Trinajstić information content (AvgIpc) is 3.18. The Balaban J connectivity index is 1.65. The lowest BCUT2D eigenvalue weighted by atomic mass is 9.67. The molecule has 1 aromatic heterocycles. The zero-order valence-electron chi connectivity index (χ0n) is 17.5. The number of fused-ring (bicyclic) bond motifs is 2. The Labute approximate surface area is 174 Å². The van der Waals surface area contributed by atoms with Crippen LogP contribution in [0.4, 0.5) is 5.13 Å². The number of benzene rings is 1. The van der Waals surface area contributed by atoms with Gasteiger partial charge in [-0.1, -0.05) is 31.3 Å². The topological polar surface area (TPSA) is 84.1 Å². The standard InChI is InChI=1S/C22H27N3O3S/c1-10(2)16-15(28-5)7-6-13-17(16)20(27)18(19(13)26)24-25-22-23-14-9-11(3)8-12(4)21(14)29-22/h8-10,13,15-17,26H,6-7H2,1-5H3. The summed E-state index contributed by atoms with van der Waals surface area (Å²) >= 11 is 1.45. The number of carbonyl (C=O) groups excluding carboxylic acids is 1. The molecule has 0 amide bonds. The maximum Gasteiger partial charge on any atom is 0.231 e. The molecule has 6 nitrogen and oxygen atoms in total. The maximum absolute atomic E-state index is 13.2. The first-order valence-electron chi connectivity index (χ1n) is 10.1. The summed E-state index contributed by atoms with van der Waals surface area (Å²) in [6, 6.07) is 4.13. The van der Waals surface area contributed by atoms with Gasteiger partial charge in [-0.25, -0.2) is 4.98 Å². The Morgan fingerprint density at radius 3 is 2.69 bits per heavy atom. The number of thiazole rings is 1. The first-order valence-corrected chi connectivity index (χ1v) is 10.9. The number of aliphatic hydroxyl groups excluding tert-OH is 1. The van der Waals surface area contributed by atoms with Crippen molar-refractivity contribution in [1.82, 2.24) is 4.98 Å². The van der Waals surface area contributed by atoms with Crippen LogP contribution in [0.3, 0.4) is 0 Å². The van der Waals surface area contributed by atoms with Gasteiger partial charge in [0.05, 0.1) is 16.3 Å². The lowest BCUT2D eigenvalue weighted by Crippen LogP contribution is -2.43. The van der Waals surface area contributed by atoms with Gasteiger partial charge >= 0.3 is 0 Å². The molecule has 1 heterocycles. The number of ether oxygens (including phenoxy) is 1. The third-order valence-corrected chi connectivity index (χ3v) is 7.38. The predicted molar refractivity (Wildman–Crippen MR) is 114 cm³/mol. The Kier molecular flexibility index (Phi) is 5.29. The van der Waals surface area contributed by atoms with Crippen molar-refractivity contribution in [2.75, 3.05) is 7.11 Å². The number of azo groups is 1. The molecule has 0 saturated heterocycles. The number of methoxy groups -OCH3 is 1. The zero-order chi connectivity index (χ0) is 20.9. The molecule has 4 rings (SSSR count). The molecule has 0 bridgehead atoms. The Hall–Kier alpha value is -2.12. The third kappa shape index (κ3) is 3.40. The average molecular weight is 414 g/mol. The lowest BCUT2D eigenvalue weighted by molar-refractivity contribution is -0.128. The molecular weight excluding hydrogens is 386 g/mol. The smallest absolute Gasteiger partial charge is 0.231 e. The second kappa shape index (κ2) is 7.61. The van der Waals surface area contributed by atoms with E-state index in [1.165, 1.54) is 11.3 Å². The second-order valence-corrected chi connectivity index (χ2v) is 9.51. The van der Waals surface area contributed by atoms with Crippen molar-refractivity contribution < 1.29 is 14.6 Å². The summed E-state index contributed by atoms with van der Waals surface area (Å²) in [5.41, 5.74) is 3.27. The largest absolute Gasteiger partial charge is 0.510 e. The number of rotatable bonds is 4. The van der Waals surface area contributed by atoms with Crippen LogP contribution < -0.4 is 0 Å². The van der Waals surface area contributed by atoms with E-state index in [4.69, 9.17) is 4.74 Å². The van der Waals surface area contributed by atoms with Gasteiger partial charge in [0.2, 0.25) is 5.13 Å². The fraction of sp³-hybridized carbons (Fsp3) is 0.545. The third-order valence-electron chi connectivity index (χ3n) is 6.29. The number of ketones is 1. The van der Waals surface area contributed by atoms with Gasteiger partial charge in [0, 0.05) is 18.9 Å². The molecule has 1 saturated carbocycles. The van der Waals surface area contributed by atoms with E-state index in [0.29, 0.717) is 5.13 Å². The van der Waals surface area contributed by atoms with Gasteiger partial charge in [-0.05, 0) is 55.7 Å². The van der Waals surface area contributed by atoms with E-state index in [0.717, 1.165) is 34.2 Å². The van der Waals surface area contributed by atoms with Gasteiger partial charge in [0.25, 0.3) is 0 Å². The van der Waals surface area contributed by atoms with Crippen LogP contribution >= 0.6 is 11.3 Å². The molecule has 2 aliphatic rings. The zero-order valence-corrected chi connectivity index (χ0v) is 18.3. The SMILES string of the molecule is COC1CCC2C(O)=C(N=Nc3nc4cc(C)cc(C)c4s3)C(=O)C2C1C(C)C. The van der Waals surface area contributed by atoms with Crippen molar-refractivity contribution in [2.24, 2.45) is 33.9 Å². The molecule has 4 unspecified atom stereocenters. The normalized spacial score (nSPS) is 27.6. The summed E-state index contributed by atoms with van der Waals surface area (Å²) in [6.45, 7) is 8.29. The van der Waals surface area contributed by atoms with Crippen molar-refractivity contribution in [1.29, 1.82) is 0 Å². The first-order chi connectivity index (χ1) is 13.8. The molecule has 2 aromatic rings. The van der Waals surface area contributed by atoms with E-state index >= 15 is 0 Å². The van der Waals surface area contributed by atoms with E-state index in [2.05, 4.69) is 35.1 Å². The van der Waals surface area contributed by atoms with Crippen LogP contribution in [-0.4, -0.2) is 29.1 Å². The molecule has 0 spiro atoms. The molecule has 1 aromatic carbocycles. The fourth-order valence-corrected chi connectivity index (χ4v) is 5.90. The number of aliphatic hydroxyl groups is 1. The van der Waals surface area contributed by atoms with Crippen LogP contribution in [0.1, 0.15) is 37.8 Å². The second-order valence-electron chi connectivity index (χ2n) is 8.53. The van der Waals surface area contributed by atoms with Gasteiger partial charge in [-0.2, -0.15) is 0 Å². The number of carbonyl (C=O) groups is 1. The Bertz CT molecular complexity index is 1020. The lowest BCUT2D eigenvalue weighted by Gasteiger charge is -2.40. The fourth-order valence-electron chi connectivity index (χ4n) is 5.06. The van der Waals surface area contributed by atoms with E-state index in [-0.39, 0.29) is 47.0 Å². The van der Waals surface area contributed by atoms with Crippen LogP contribution in [0.5, 0.6) is 0 Å². The summed E-state index contributed by atoms with van der Waals surface area (Å²) in [6.07, 6.45) is 1.58. The van der Waals surface area contributed by atoms with Gasteiger partial charge in [0.1, 0.15) is 5.76 Å². The van der Waals surface area contributed by atoms with Crippen molar-refractivity contribution in [3.63, 3.8) is 0 Å². The summed E-state index contributed by atoms with van der Waals surface area (Å²) < 4.78 is 6.73. The van der Waals surface area contributed by atoms with Gasteiger partial charge in [0.15, 0.2) is 11.5 Å². The van der Waals surface area contributed by atoms with Crippen molar-refractivity contribution >= 4 is 32.5 Å². The highest BCUT2D eigenvalue weighted by Crippen LogP contribution is 2.49. The summed E-state index contributed by atoms with van der Waals surface area (Å²) in [5, 5.41) is 19.7. The number of nitrogens with zero attached hydrogens (tertiary/aromatic N) is 3. The highest BCUT2D eigenvalue weighted by Gasteiger charge is 2.52. The number of aryl methyl sites for hydroxylation is 2. The van der Waals surface area contributed by atoms with Crippen LogP contribution in [0, 0.1) is 37.5 Å². The predicted octanol–water partition coefficient (Wildman–Crippen LogP) is 5.66. The monoisotopic (exact) mass is 413 g/mol. The molecule has 154 valence electrons. The molecule has 1 N–H and O–H groups in total. The van der Waals surface area contributed by atoms with Crippen LogP contribution in [-0.2, 0) is 9.53 Å². The number of hydrogen-bond donors (Lipinski definition) is 1. The molecule has 29 heavy (non-hydrogen) atoms. The van der Waals surface area contributed by atoms with Crippen molar-refractivity contribution in [3.8, 4) is 0 Å². The van der Waals surface area contributed by atoms with E-state index in [9.17, 15) is 9.90 Å². The summed E-state index contributed by atoms with van der Waals surface area (Å²) in [5.74, 6) is -0.175. The molecule has 1 fully saturated rings. The molecule has 0 aliphatic heterocycles. The minimum Gasteiger partial charge on any atom is -0.510 e. The Morgan fingerprint density at radius 1 is 1.24 bits per heavy atom. The molecule has 2 aliphatic carbocycles. The van der Waals surface area contributed by atoms with E-state index < -0.39 is 0 Å². The van der Waals surface area contributed by atoms with Gasteiger partial charge in [-0.15, -0.1) is 10.2 Å². The van der Waals surface area contributed by atoms with Gasteiger partial charge < -0.3 is 9.84 Å². The quantitative estimate of drug-likeness (QED) is 0.655. The first kappa shape index (κ1) is 20.2. The van der Waals surface area contributed by atoms with Crippen molar-refractivity contribution in [3.05, 3.63) is 34.7 Å². The molecule has 7 heteroatoms. The number of hydrogen-bond acceptors (Lipinski definition) is 7. The number of allylic oxidation sites excluding steroid dienone is 2. The minimum atomic E-state index is -0.289. The number of Topliss-reactive ketones (excluding diaryl/α,β-unsaturated/α-hetero) is 1. The van der Waals surface area contributed by atoms with Crippen LogP contribution in [0.15, 0.2) is 33.8 Å². The molecule has 4 atom stereocenters. The van der Waals surface area contributed by atoms with Crippen molar-refractivity contribution in [2.45, 2.75) is 46.6 Å². The molecular formula is C22H27N3O3S. The summed E-state index contributed by atoms with van der Waals surface area (Å²) in [4.78, 5) is 17.7. The van der Waals surface area contributed by atoms with Gasteiger partial charge in [-0.3, -0.25) is 4.79 Å². The highest BCUT2D eigenvalue weighted by atomic mass is 32.1. The minimum absolute atomic E-state index is 0.0276. The van der Waals surface area contributed by atoms with Crippen LogP contribution in [0.25, 0.3) is 10.2 Å². The maximum atomic E-state index is 13.2. The van der Waals surface area contributed by atoms with Crippen LogP contribution in [0.2, 0.25) is 0 Å². The summed E-state index contributed by atoms with van der Waals surface area (Å²) in [7, 11) is 1.70.